The van der Waals surface area contributed by atoms with Gasteiger partial charge in [0, 0.05) is 10.5 Å². The number of rotatable bonds is 5. The fourth-order valence-electron chi connectivity index (χ4n) is 1.95. The zero-order chi connectivity index (χ0) is 18.8. The summed E-state index contributed by atoms with van der Waals surface area (Å²) in [5.41, 5.74) is -1.22. The van der Waals surface area contributed by atoms with Crippen LogP contribution in [-0.2, 0) is 14.8 Å². The van der Waals surface area contributed by atoms with E-state index in [2.05, 4.69) is 20.7 Å². The van der Waals surface area contributed by atoms with Gasteiger partial charge in [0.1, 0.15) is 22.3 Å². The molecular weight excluding hydrogens is 424 g/mol. The topological polar surface area (TPSA) is 81.7 Å². The van der Waals surface area contributed by atoms with Crippen LogP contribution in [0.5, 0.6) is 5.75 Å². The summed E-state index contributed by atoms with van der Waals surface area (Å²) in [6.45, 7) is 0. The lowest BCUT2D eigenvalue weighted by atomic mass is 10.2. The van der Waals surface area contributed by atoms with Crippen molar-refractivity contribution in [3.63, 3.8) is 0 Å². The standard InChI is InChI=1S/C15H12BrF2NO5S/c1-23-13-4-3-8(16)5-14(13)25(21,22)19-12-6-9(15(20)24-2)10(17)7-11(12)18/h3-7,19H,1-2H3. The minimum atomic E-state index is -4.28. The zero-order valence-corrected chi connectivity index (χ0v) is 15.4. The molecule has 0 aliphatic rings. The van der Waals surface area contributed by atoms with Crippen LogP contribution in [0.25, 0.3) is 0 Å². The van der Waals surface area contributed by atoms with E-state index in [0.717, 1.165) is 13.2 Å². The molecule has 2 aromatic carbocycles. The second-order valence-corrected chi connectivity index (χ2v) is 7.27. The van der Waals surface area contributed by atoms with Crippen LogP contribution in [0.3, 0.4) is 0 Å². The lowest BCUT2D eigenvalue weighted by molar-refractivity contribution is 0.0595. The SMILES string of the molecule is COC(=O)c1cc(NS(=O)(=O)c2cc(Br)ccc2OC)c(F)cc1F. The third-order valence-electron chi connectivity index (χ3n) is 3.12. The summed E-state index contributed by atoms with van der Waals surface area (Å²) in [6, 6.07) is 5.33. The van der Waals surface area contributed by atoms with Crippen molar-refractivity contribution in [1.29, 1.82) is 0 Å². The molecule has 0 heterocycles. The van der Waals surface area contributed by atoms with Gasteiger partial charge in [-0.1, -0.05) is 15.9 Å². The maximum absolute atomic E-state index is 13.9. The van der Waals surface area contributed by atoms with Crippen molar-refractivity contribution >= 4 is 37.6 Å². The third kappa shape index (κ3) is 4.07. The summed E-state index contributed by atoms with van der Waals surface area (Å²) in [6.07, 6.45) is 0. The molecule has 0 bridgehead atoms. The Balaban J connectivity index is 2.52. The maximum atomic E-state index is 13.9. The van der Waals surface area contributed by atoms with Crippen LogP contribution in [0, 0.1) is 11.6 Å². The summed E-state index contributed by atoms with van der Waals surface area (Å²) in [5.74, 6) is -3.42. The molecular formula is C15H12BrF2NO5S. The second-order valence-electron chi connectivity index (χ2n) is 4.70. The Hall–Kier alpha value is -2.20. The van der Waals surface area contributed by atoms with E-state index >= 15 is 0 Å². The predicted octanol–water partition coefficient (Wildman–Crippen LogP) is 3.32. The van der Waals surface area contributed by atoms with E-state index < -0.39 is 38.9 Å². The van der Waals surface area contributed by atoms with Gasteiger partial charge < -0.3 is 9.47 Å². The average Bonchev–Trinajstić information content (AvgIpc) is 2.56. The van der Waals surface area contributed by atoms with Crippen molar-refractivity contribution in [3.8, 4) is 5.75 Å². The van der Waals surface area contributed by atoms with E-state index in [9.17, 15) is 22.0 Å². The Morgan fingerprint density at radius 1 is 1.12 bits per heavy atom. The molecule has 1 N–H and O–H groups in total. The van der Waals surface area contributed by atoms with Crippen LogP contribution >= 0.6 is 15.9 Å². The van der Waals surface area contributed by atoms with Gasteiger partial charge in [0.25, 0.3) is 10.0 Å². The molecule has 0 spiro atoms. The van der Waals surface area contributed by atoms with Gasteiger partial charge in [0.05, 0.1) is 25.5 Å². The molecule has 0 radical (unpaired) electrons. The normalized spacial score (nSPS) is 11.1. The first-order valence-electron chi connectivity index (χ1n) is 6.63. The first-order chi connectivity index (χ1) is 11.7. The number of carbonyl (C=O) groups is 1. The quantitative estimate of drug-likeness (QED) is 0.728. The molecule has 2 rings (SSSR count). The fourth-order valence-corrected chi connectivity index (χ4v) is 3.72. The summed E-state index contributed by atoms with van der Waals surface area (Å²) in [7, 11) is -1.99. The van der Waals surface area contributed by atoms with Crippen LogP contribution in [0.2, 0.25) is 0 Å². The molecule has 2 aromatic rings. The minimum Gasteiger partial charge on any atom is -0.495 e. The smallest absolute Gasteiger partial charge is 0.340 e. The lowest BCUT2D eigenvalue weighted by Crippen LogP contribution is -2.16. The van der Waals surface area contributed by atoms with E-state index in [4.69, 9.17) is 4.74 Å². The average molecular weight is 436 g/mol. The number of esters is 1. The van der Waals surface area contributed by atoms with Crippen LogP contribution < -0.4 is 9.46 Å². The number of hydrogen-bond donors (Lipinski definition) is 1. The van der Waals surface area contributed by atoms with Gasteiger partial charge in [-0.25, -0.2) is 22.0 Å². The number of anilines is 1. The Kier molecular flexibility index (Phi) is 5.63. The molecule has 0 amide bonds. The highest BCUT2D eigenvalue weighted by atomic mass is 79.9. The molecule has 0 aliphatic carbocycles. The highest BCUT2D eigenvalue weighted by Crippen LogP contribution is 2.30. The van der Waals surface area contributed by atoms with Crippen molar-refractivity contribution in [2.45, 2.75) is 4.90 Å². The van der Waals surface area contributed by atoms with Crippen molar-refractivity contribution in [3.05, 3.63) is 52.0 Å². The number of sulfonamides is 1. The first-order valence-corrected chi connectivity index (χ1v) is 8.91. The van der Waals surface area contributed by atoms with Gasteiger partial charge in [0.2, 0.25) is 0 Å². The Morgan fingerprint density at radius 2 is 1.80 bits per heavy atom. The molecule has 0 saturated carbocycles. The fraction of sp³-hybridized carbons (Fsp3) is 0.133. The molecule has 0 unspecified atom stereocenters. The zero-order valence-electron chi connectivity index (χ0n) is 13.0. The summed E-state index contributed by atoms with van der Waals surface area (Å²) in [5, 5.41) is 0. The van der Waals surface area contributed by atoms with Gasteiger partial charge in [0.15, 0.2) is 0 Å². The van der Waals surface area contributed by atoms with E-state index in [1.54, 1.807) is 6.07 Å². The molecule has 0 fully saturated rings. The largest absolute Gasteiger partial charge is 0.495 e. The van der Waals surface area contributed by atoms with Crippen LogP contribution in [0.4, 0.5) is 14.5 Å². The third-order valence-corrected chi connectivity index (χ3v) is 5.00. The number of methoxy groups -OCH3 is 2. The Bertz CT molecular complexity index is 934. The maximum Gasteiger partial charge on any atom is 0.340 e. The summed E-state index contributed by atoms with van der Waals surface area (Å²) >= 11 is 3.13. The molecule has 0 aromatic heterocycles. The van der Waals surface area contributed by atoms with Crippen molar-refractivity contribution in [2.24, 2.45) is 0 Å². The number of nitrogens with one attached hydrogen (secondary N) is 1. The molecule has 25 heavy (non-hydrogen) atoms. The summed E-state index contributed by atoms with van der Waals surface area (Å²) < 4.78 is 64.4. The number of carbonyl (C=O) groups excluding carboxylic acids is 1. The van der Waals surface area contributed by atoms with Gasteiger partial charge >= 0.3 is 5.97 Å². The number of hydrogen-bond acceptors (Lipinski definition) is 5. The Morgan fingerprint density at radius 3 is 2.40 bits per heavy atom. The molecule has 10 heteroatoms. The van der Waals surface area contributed by atoms with Gasteiger partial charge in [-0.2, -0.15) is 0 Å². The van der Waals surface area contributed by atoms with Crippen LogP contribution in [-0.4, -0.2) is 28.6 Å². The van der Waals surface area contributed by atoms with E-state index in [1.807, 2.05) is 4.72 Å². The van der Waals surface area contributed by atoms with Crippen LogP contribution in [0.15, 0.2) is 39.7 Å². The minimum absolute atomic E-state index is 0.0198. The van der Waals surface area contributed by atoms with Crippen LogP contribution in [0.1, 0.15) is 10.4 Å². The second kappa shape index (κ2) is 7.36. The first kappa shape index (κ1) is 19.1. The lowest BCUT2D eigenvalue weighted by Gasteiger charge is -2.13. The van der Waals surface area contributed by atoms with E-state index in [-0.39, 0.29) is 10.6 Å². The van der Waals surface area contributed by atoms with Crippen molar-refractivity contribution in [1.82, 2.24) is 0 Å². The number of ether oxygens (including phenoxy) is 2. The predicted molar refractivity (Wildman–Crippen MR) is 89.2 cm³/mol. The van der Waals surface area contributed by atoms with E-state index in [1.165, 1.54) is 19.2 Å². The molecule has 0 aliphatic heterocycles. The molecule has 6 nitrogen and oxygen atoms in total. The van der Waals surface area contributed by atoms with E-state index in [0.29, 0.717) is 10.5 Å². The Labute approximate surface area is 150 Å². The van der Waals surface area contributed by atoms with Gasteiger partial charge in [-0.05, 0) is 24.3 Å². The number of halogens is 3. The highest BCUT2D eigenvalue weighted by molar-refractivity contribution is 9.10. The highest BCUT2D eigenvalue weighted by Gasteiger charge is 2.24. The summed E-state index contributed by atoms with van der Waals surface area (Å²) in [4.78, 5) is 11.2. The van der Waals surface area contributed by atoms with Gasteiger partial charge in [-0.3, -0.25) is 4.72 Å². The number of benzene rings is 2. The molecule has 0 saturated heterocycles. The van der Waals surface area contributed by atoms with Crippen molar-refractivity contribution in [2.75, 3.05) is 18.9 Å². The monoisotopic (exact) mass is 435 g/mol. The molecule has 134 valence electrons. The molecule has 0 atom stereocenters. The van der Waals surface area contributed by atoms with Gasteiger partial charge in [-0.15, -0.1) is 0 Å². The van der Waals surface area contributed by atoms with Crippen molar-refractivity contribution < 1.29 is 31.5 Å².